The Kier molecular flexibility index (Phi) is 4.65. The van der Waals surface area contributed by atoms with Gasteiger partial charge in [-0.25, -0.2) is 9.97 Å². The third kappa shape index (κ3) is 3.12. The van der Waals surface area contributed by atoms with E-state index in [0.717, 1.165) is 23.6 Å². The van der Waals surface area contributed by atoms with Gasteiger partial charge in [-0.3, -0.25) is 4.79 Å². The topological polar surface area (TPSA) is 66.3 Å². The molecule has 0 aromatic carbocycles. The fourth-order valence-corrected chi connectivity index (χ4v) is 3.25. The van der Waals surface area contributed by atoms with Crippen LogP contribution in [-0.2, 0) is 0 Å². The van der Waals surface area contributed by atoms with E-state index < -0.39 is 0 Å². The number of hydrogen-bond acceptors (Lipinski definition) is 5. The normalized spacial score (nSPS) is 21.4. The van der Waals surface area contributed by atoms with Gasteiger partial charge in [0.2, 0.25) is 0 Å². The molecule has 5 nitrogen and oxygen atoms in total. The van der Waals surface area contributed by atoms with Gasteiger partial charge in [0.15, 0.2) is 0 Å². The Morgan fingerprint density at radius 1 is 1.40 bits per heavy atom. The highest BCUT2D eigenvalue weighted by Gasteiger charge is 2.30. The van der Waals surface area contributed by atoms with E-state index in [9.17, 15) is 9.90 Å². The number of carbonyl (C=O) groups excluding carboxylic acids is 1. The lowest BCUT2D eigenvalue weighted by Crippen LogP contribution is -2.40. The van der Waals surface area contributed by atoms with Crippen molar-refractivity contribution < 1.29 is 9.90 Å². The molecule has 0 radical (unpaired) electrons. The molecule has 0 atom stereocenters. The summed E-state index contributed by atoms with van der Waals surface area (Å²) in [7, 11) is 1.80. The minimum Gasteiger partial charge on any atom is -0.393 e. The SMILES string of the molecule is CSc1nc(C)nc(C)c1C(=O)N(C)CC1CC(O)C1. The summed E-state index contributed by atoms with van der Waals surface area (Å²) in [5, 5.41) is 10.1. The van der Waals surface area contributed by atoms with Crippen molar-refractivity contribution in [1.82, 2.24) is 14.9 Å². The highest BCUT2D eigenvalue weighted by molar-refractivity contribution is 7.98. The second-order valence-electron chi connectivity index (χ2n) is 5.42. The van der Waals surface area contributed by atoms with Crippen LogP contribution in [0.25, 0.3) is 0 Å². The van der Waals surface area contributed by atoms with Gasteiger partial charge in [0.1, 0.15) is 10.9 Å². The first-order valence-corrected chi connectivity index (χ1v) is 7.97. The van der Waals surface area contributed by atoms with Crippen LogP contribution in [0.2, 0.25) is 0 Å². The lowest BCUT2D eigenvalue weighted by molar-refractivity contribution is 0.0264. The van der Waals surface area contributed by atoms with Crippen molar-refractivity contribution in [1.29, 1.82) is 0 Å². The van der Waals surface area contributed by atoms with Gasteiger partial charge in [0.05, 0.1) is 17.4 Å². The van der Waals surface area contributed by atoms with Crippen molar-refractivity contribution in [3.8, 4) is 0 Å². The largest absolute Gasteiger partial charge is 0.393 e. The van der Waals surface area contributed by atoms with E-state index in [2.05, 4.69) is 9.97 Å². The lowest BCUT2D eigenvalue weighted by Gasteiger charge is -2.34. The third-order valence-electron chi connectivity index (χ3n) is 3.67. The van der Waals surface area contributed by atoms with Crippen LogP contribution in [0.15, 0.2) is 5.03 Å². The first kappa shape index (κ1) is 15.3. The molecule has 1 N–H and O–H groups in total. The van der Waals surface area contributed by atoms with Gasteiger partial charge in [0.25, 0.3) is 5.91 Å². The lowest BCUT2D eigenvalue weighted by atomic mass is 9.82. The Morgan fingerprint density at radius 3 is 2.60 bits per heavy atom. The Balaban J connectivity index is 2.15. The molecule has 1 aromatic heterocycles. The standard InChI is InChI=1S/C14H21N3O2S/c1-8-12(13(20-4)16-9(2)15-8)14(19)17(3)7-10-5-11(18)6-10/h10-11,18H,5-7H2,1-4H3. The van der Waals surface area contributed by atoms with Crippen molar-refractivity contribution in [3.63, 3.8) is 0 Å². The van der Waals surface area contributed by atoms with Crippen molar-refractivity contribution in [2.45, 2.75) is 37.8 Å². The predicted molar refractivity (Wildman–Crippen MR) is 79.0 cm³/mol. The second-order valence-corrected chi connectivity index (χ2v) is 6.21. The van der Waals surface area contributed by atoms with Gasteiger partial charge in [-0.15, -0.1) is 11.8 Å². The Morgan fingerprint density at radius 2 is 2.05 bits per heavy atom. The molecule has 1 fully saturated rings. The minimum absolute atomic E-state index is 0.0340. The molecule has 110 valence electrons. The monoisotopic (exact) mass is 295 g/mol. The number of aliphatic hydroxyl groups excluding tert-OH is 1. The smallest absolute Gasteiger partial charge is 0.258 e. The van der Waals surface area contributed by atoms with Crippen molar-refractivity contribution in [2.24, 2.45) is 5.92 Å². The fourth-order valence-electron chi connectivity index (χ4n) is 2.59. The van der Waals surface area contributed by atoms with Crippen molar-refractivity contribution >= 4 is 17.7 Å². The summed E-state index contributed by atoms with van der Waals surface area (Å²) in [5.74, 6) is 1.06. The first-order valence-electron chi connectivity index (χ1n) is 6.75. The first-order chi connectivity index (χ1) is 9.42. The zero-order valence-electron chi connectivity index (χ0n) is 12.4. The van der Waals surface area contributed by atoms with Gasteiger partial charge < -0.3 is 10.0 Å². The number of nitrogens with zero attached hydrogens (tertiary/aromatic N) is 3. The number of hydrogen-bond donors (Lipinski definition) is 1. The zero-order valence-corrected chi connectivity index (χ0v) is 13.2. The molecule has 6 heteroatoms. The Hall–Kier alpha value is -1.14. The maximum Gasteiger partial charge on any atom is 0.258 e. The predicted octanol–water partition coefficient (Wildman–Crippen LogP) is 1.66. The summed E-state index contributed by atoms with van der Waals surface area (Å²) in [6.45, 7) is 4.36. The highest BCUT2D eigenvalue weighted by Crippen LogP contribution is 2.29. The van der Waals surface area contributed by atoms with Crippen LogP contribution in [0, 0.1) is 19.8 Å². The Labute approximate surface area is 123 Å². The molecule has 1 aliphatic carbocycles. The molecule has 0 spiro atoms. The maximum absolute atomic E-state index is 12.6. The molecule has 1 heterocycles. The quantitative estimate of drug-likeness (QED) is 0.676. The third-order valence-corrected chi connectivity index (χ3v) is 4.35. The molecule has 1 saturated carbocycles. The number of amides is 1. The molecule has 0 bridgehead atoms. The van der Waals surface area contributed by atoms with Crippen LogP contribution in [0.5, 0.6) is 0 Å². The Bertz CT molecular complexity index is 515. The van der Waals surface area contributed by atoms with E-state index in [1.54, 1.807) is 11.9 Å². The zero-order chi connectivity index (χ0) is 14.9. The van der Waals surface area contributed by atoms with Gasteiger partial charge in [0, 0.05) is 13.6 Å². The van der Waals surface area contributed by atoms with Crippen molar-refractivity contribution in [3.05, 3.63) is 17.1 Å². The van der Waals surface area contributed by atoms with Crippen LogP contribution < -0.4 is 0 Å². The molecular weight excluding hydrogens is 274 g/mol. The van der Waals surface area contributed by atoms with Gasteiger partial charge in [-0.2, -0.15) is 0 Å². The average Bonchev–Trinajstić information content (AvgIpc) is 2.35. The number of aromatic nitrogens is 2. The van der Waals surface area contributed by atoms with Crippen molar-refractivity contribution in [2.75, 3.05) is 19.8 Å². The summed E-state index contributed by atoms with van der Waals surface area (Å²) in [6.07, 6.45) is 3.31. The second kappa shape index (κ2) is 6.10. The van der Waals surface area contributed by atoms with Gasteiger partial charge in [-0.1, -0.05) is 0 Å². The fraction of sp³-hybridized carbons (Fsp3) is 0.643. The summed E-state index contributed by atoms with van der Waals surface area (Å²) in [4.78, 5) is 22.9. The summed E-state index contributed by atoms with van der Waals surface area (Å²) in [5.41, 5.74) is 1.33. The summed E-state index contributed by atoms with van der Waals surface area (Å²) < 4.78 is 0. The van der Waals surface area contributed by atoms with Crippen LogP contribution >= 0.6 is 11.8 Å². The van der Waals surface area contributed by atoms with Crippen LogP contribution in [0.3, 0.4) is 0 Å². The number of carbonyl (C=O) groups is 1. The average molecular weight is 295 g/mol. The molecule has 20 heavy (non-hydrogen) atoms. The molecule has 0 saturated heterocycles. The van der Waals surface area contributed by atoms with E-state index in [-0.39, 0.29) is 12.0 Å². The molecule has 1 aromatic rings. The van der Waals surface area contributed by atoms with E-state index in [1.807, 2.05) is 20.1 Å². The van der Waals surface area contributed by atoms with Gasteiger partial charge >= 0.3 is 0 Å². The van der Waals surface area contributed by atoms with E-state index in [1.165, 1.54) is 11.8 Å². The number of aryl methyl sites for hydroxylation is 2. The molecule has 1 amide bonds. The highest BCUT2D eigenvalue weighted by atomic mass is 32.2. The maximum atomic E-state index is 12.6. The molecule has 0 aliphatic heterocycles. The number of thioether (sulfide) groups is 1. The number of aliphatic hydroxyl groups is 1. The molecule has 0 unspecified atom stereocenters. The molecule has 2 rings (SSSR count). The van der Waals surface area contributed by atoms with Gasteiger partial charge in [-0.05, 0) is 38.9 Å². The molecular formula is C14H21N3O2S. The summed E-state index contributed by atoms with van der Waals surface area (Å²) in [6, 6.07) is 0. The van der Waals surface area contributed by atoms with E-state index in [4.69, 9.17) is 0 Å². The van der Waals surface area contributed by atoms with Crippen LogP contribution in [0.1, 0.15) is 34.7 Å². The minimum atomic E-state index is -0.185. The number of rotatable bonds is 4. The van der Waals surface area contributed by atoms with E-state index >= 15 is 0 Å². The van der Waals surface area contributed by atoms with Crippen LogP contribution in [-0.4, -0.2) is 51.8 Å². The molecule has 1 aliphatic rings. The van der Waals surface area contributed by atoms with Crippen LogP contribution in [0.4, 0.5) is 0 Å². The summed E-state index contributed by atoms with van der Waals surface area (Å²) >= 11 is 1.47. The van der Waals surface area contributed by atoms with E-state index in [0.29, 0.717) is 23.9 Å².